The van der Waals surface area contributed by atoms with E-state index in [-0.39, 0.29) is 0 Å². The Kier molecular flexibility index (Phi) is 4.38. The Hall–Kier alpha value is -1.49. The minimum absolute atomic E-state index is 0.413. The summed E-state index contributed by atoms with van der Waals surface area (Å²) < 4.78 is 0. The van der Waals surface area contributed by atoms with Crippen molar-refractivity contribution in [3.05, 3.63) is 29.8 Å². The molecule has 1 aromatic carbocycles. The summed E-state index contributed by atoms with van der Waals surface area (Å²) in [7, 11) is 0. The fourth-order valence-electron chi connectivity index (χ4n) is 3.21. The third-order valence-electron chi connectivity index (χ3n) is 4.76. The summed E-state index contributed by atoms with van der Waals surface area (Å²) in [5.41, 5.74) is 1.84. The van der Waals surface area contributed by atoms with Gasteiger partial charge in [0.15, 0.2) is 0 Å². The van der Waals surface area contributed by atoms with Gasteiger partial charge in [-0.25, -0.2) is 0 Å². The highest BCUT2D eigenvalue weighted by Gasteiger charge is 2.27. The van der Waals surface area contributed by atoms with E-state index < -0.39 is 5.41 Å². The first kappa shape index (κ1) is 14.9. The molecule has 0 spiro atoms. The van der Waals surface area contributed by atoms with E-state index in [9.17, 15) is 5.26 Å². The summed E-state index contributed by atoms with van der Waals surface area (Å²) in [5.74, 6) is 1.46. The molecule has 2 unspecified atom stereocenters. The second-order valence-corrected chi connectivity index (χ2v) is 6.87. The van der Waals surface area contributed by atoms with Crippen LogP contribution in [0.15, 0.2) is 24.3 Å². The van der Waals surface area contributed by atoms with Crippen LogP contribution in [-0.2, 0) is 5.41 Å². The smallest absolute Gasteiger partial charge is 0.0766 e. The number of hydrogen-bond acceptors (Lipinski definition) is 2. The molecule has 0 amide bonds. The van der Waals surface area contributed by atoms with Crippen molar-refractivity contribution < 1.29 is 0 Å². The second-order valence-electron chi connectivity index (χ2n) is 6.87. The summed E-state index contributed by atoms with van der Waals surface area (Å²) in [6.07, 6.45) is 4.00. The Morgan fingerprint density at radius 3 is 2.15 bits per heavy atom. The standard InChI is InChI=1S/C18H26N2/c1-13-6-5-7-14(2)17(13)20-16-10-8-15(9-11-16)18(3,4)12-19/h8-11,13-14,17,20H,5-7H2,1-4H3. The quantitative estimate of drug-likeness (QED) is 0.862. The summed E-state index contributed by atoms with van der Waals surface area (Å²) in [6, 6.07) is 11.3. The Morgan fingerprint density at radius 2 is 1.65 bits per heavy atom. The van der Waals surface area contributed by atoms with Gasteiger partial charge in [0.2, 0.25) is 0 Å². The van der Waals surface area contributed by atoms with E-state index in [4.69, 9.17) is 0 Å². The lowest BCUT2D eigenvalue weighted by atomic mass is 9.78. The predicted molar refractivity (Wildman–Crippen MR) is 84.7 cm³/mol. The fraction of sp³-hybridized carbons (Fsp3) is 0.611. The van der Waals surface area contributed by atoms with Gasteiger partial charge in [-0.3, -0.25) is 0 Å². The summed E-state index contributed by atoms with van der Waals surface area (Å²) in [5, 5.41) is 12.9. The first-order valence-corrected chi connectivity index (χ1v) is 7.72. The average molecular weight is 270 g/mol. The molecule has 1 fully saturated rings. The maximum atomic E-state index is 9.18. The van der Waals surface area contributed by atoms with Gasteiger partial charge in [-0.2, -0.15) is 5.26 Å². The van der Waals surface area contributed by atoms with Crippen LogP contribution < -0.4 is 5.32 Å². The van der Waals surface area contributed by atoms with Crippen LogP contribution >= 0.6 is 0 Å². The molecule has 1 aliphatic rings. The maximum Gasteiger partial charge on any atom is 0.0766 e. The minimum atomic E-state index is -0.413. The van der Waals surface area contributed by atoms with Crippen LogP contribution in [0.1, 0.15) is 52.5 Å². The molecule has 2 heteroatoms. The third kappa shape index (κ3) is 3.15. The van der Waals surface area contributed by atoms with E-state index in [0.29, 0.717) is 6.04 Å². The molecular formula is C18H26N2. The molecule has 1 aliphatic carbocycles. The van der Waals surface area contributed by atoms with E-state index in [1.54, 1.807) is 0 Å². The Bertz CT molecular complexity index is 471. The van der Waals surface area contributed by atoms with Crippen LogP contribution in [0.4, 0.5) is 5.69 Å². The Balaban J connectivity index is 2.09. The van der Waals surface area contributed by atoms with Gasteiger partial charge < -0.3 is 5.32 Å². The zero-order chi connectivity index (χ0) is 14.8. The minimum Gasteiger partial charge on any atom is -0.382 e. The normalized spacial score (nSPS) is 26.9. The first-order valence-electron chi connectivity index (χ1n) is 7.72. The van der Waals surface area contributed by atoms with Crippen LogP contribution in [-0.4, -0.2) is 6.04 Å². The van der Waals surface area contributed by atoms with Crippen molar-refractivity contribution in [3.63, 3.8) is 0 Å². The molecule has 0 saturated heterocycles. The number of benzene rings is 1. The van der Waals surface area contributed by atoms with Crippen molar-refractivity contribution in [2.75, 3.05) is 5.32 Å². The predicted octanol–water partition coefficient (Wildman–Crippen LogP) is 4.72. The molecule has 20 heavy (non-hydrogen) atoms. The van der Waals surface area contributed by atoms with Crippen LogP contribution in [0.2, 0.25) is 0 Å². The topological polar surface area (TPSA) is 35.8 Å². The van der Waals surface area contributed by atoms with Gasteiger partial charge in [0.05, 0.1) is 11.5 Å². The molecule has 1 aromatic rings. The number of rotatable bonds is 3. The number of anilines is 1. The first-order chi connectivity index (χ1) is 9.44. The molecule has 2 rings (SSSR count). The number of nitrogens with zero attached hydrogens (tertiary/aromatic N) is 1. The molecule has 108 valence electrons. The van der Waals surface area contributed by atoms with Crippen LogP contribution in [0.25, 0.3) is 0 Å². The summed E-state index contributed by atoms with van der Waals surface area (Å²) in [4.78, 5) is 0. The van der Waals surface area contributed by atoms with Crippen molar-refractivity contribution in [2.45, 2.75) is 58.4 Å². The van der Waals surface area contributed by atoms with E-state index >= 15 is 0 Å². The van der Waals surface area contributed by atoms with Gasteiger partial charge in [-0.15, -0.1) is 0 Å². The van der Waals surface area contributed by atoms with Crippen molar-refractivity contribution in [3.8, 4) is 6.07 Å². The van der Waals surface area contributed by atoms with Crippen LogP contribution in [0, 0.1) is 23.2 Å². The molecule has 0 heterocycles. The zero-order valence-electron chi connectivity index (χ0n) is 13.1. The van der Waals surface area contributed by atoms with Gasteiger partial charge in [0, 0.05) is 11.7 Å². The lowest BCUT2D eigenvalue weighted by Gasteiger charge is -2.36. The Morgan fingerprint density at radius 1 is 1.10 bits per heavy atom. The monoisotopic (exact) mass is 270 g/mol. The van der Waals surface area contributed by atoms with E-state index in [0.717, 1.165) is 17.4 Å². The Labute approximate surface area is 123 Å². The highest BCUT2D eigenvalue weighted by molar-refractivity contribution is 5.48. The maximum absolute atomic E-state index is 9.18. The highest BCUT2D eigenvalue weighted by atomic mass is 14.9. The molecule has 0 aliphatic heterocycles. The van der Waals surface area contributed by atoms with Gasteiger partial charge in [0.1, 0.15) is 0 Å². The van der Waals surface area contributed by atoms with E-state index in [2.05, 4.69) is 49.5 Å². The zero-order valence-corrected chi connectivity index (χ0v) is 13.1. The van der Waals surface area contributed by atoms with Crippen molar-refractivity contribution in [2.24, 2.45) is 11.8 Å². The fourth-order valence-corrected chi connectivity index (χ4v) is 3.21. The van der Waals surface area contributed by atoms with Crippen molar-refractivity contribution in [1.29, 1.82) is 5.26 Å². The van der Waals surface area contributed by atoms with Gasteiger partial charge in [0.25, 0.3) is 0 Å². The molecule has 2 nitrogen and oxygen atoms in total. The molecular weight excluding hydrogens is 244 g/mol. The number of hydrogen-bond donors (Lipinski definition) is 1. The third-order valence-corrected chi connectivity index (χ3v) is 4.76. The van der Waals surface area contributed by atoms with Crippen LogP contribution in [0.3, 0.4) is 0 Å². The molecule has 1 saturated carbocycles. The molecule has 1 N–H and O–H groups in total. The SMILES string of the molecule is CC1CCCC(C)C1Nc1ccc(C(C)(C)C#N)cc1. The van der Waals surface area contributed by atoms with Crippen molar-refractivity contribution in [1.82, 2.24) is 0 Å². The molecule has 0 radical (unpaired) electrons. The van der Waals surface area contributed by atoms with Crippen LogP contribution in [0.5, 0.6) is 0 Å². The summed E-state index contributed by atoms with van der Waals surface area (Å²) >= 11 is 0. The van der Waals surface area contributed by atoms with Gasteiger partial charge in [-0.1, -0.05) is 32.4 Å². The molecule has 0 aromatic heterocycles. The van der Waals surface area contributed by atoms with Gasteiger partial charge in [-0.05, 0) is 56.2 Å². The number of nitrogens with one attached hydrogen (secondary N) is 1. The van der Waals surface area contributed by atoms with E-state index in [1.807, 2.05) is 13.8 Å². The lowest BCUT2D eigenvalue weighted by Crippen LogP contribution is -2.37. The van der Waals surface area contributed by atoms with Gasteiger partial charge >= 0.3 is 0 Å². The second kappa shape index (κ2) is 5.87. The molecule has 2 atom stereocenters. The average Bonchev–Trinajstić information content (AvgIpc) is 2.43. The van der Waals surface area contributed by atoms with Crippen molar-refractivity contribution >= 4 is 5.69 Å². The van der Waals surface area contributed by atoms with E-state index in [1.165, 1.54) is 24.9 Å². The summed E-state index contributed by atoms with van der Waals surface area (Å²) in [6.45, 7) is 8.61. The highest BCUT2D eigenvalue weighted by Crippen LogP contribution is 2.32. The lowest BCUT2D eigenvalue weighted by molar-refractivity contribution is 0.268. The largest absolute Gasteiger partial charge is 0.382 e. The molecule has 0 bridgehead atoms. The number of nitriles is 1.